The molecule has 0 atom stereocenters. The summed E-state index contributed by atoms with van der Waals surface area (Å²) in [6.45, 7) is 4.56. The van der Waals surface area contributed by atoms with Crippen molar-refractivity contribution in [2.24, 2.45) is 5.92 Å². The first-order valence-electron chi connectivity index (χ1n) is 5.19. The predicted molar refractivity (Wildman–Crippen MR) is 62.2 cm³/mol. The van der Waals surface area contributed by atoms with E-state index in [-0.39, 0.29) is 17.6 Å². The van der Waals surface area contributed by atoms with Crippen molar-refractivity contribution in [3.8, 4) is 0 Å². The molecule has 1 amide bonds. The van der Waals surface area contributed by atoms with Gasteiger partial charge in [0.1, 0.15) is 10.7 Å². The minimum atomic E-state index is -0.629. The Morgan fingerprint density at radius 2 is 2.29 bits per heavy atom. The largest absolute Gasteiger partial charge is 0.433 e. The lowest BCUT2D eigenvalue weighted by molar-refractivity contribution is -0.402. The summed E-state index contributed by atoms with van der Waals surface area (Å²) < 4.78 is 4.86. The van der Waals surface area contributed by atoms with Crippen LogP contribution in [-0.4, -0.2) is 17.4 Å². The highest BCUT2D eigenvalue weighted by molar-refractivity contribution is 5.91. The van der Waals surface area contributed by atoms with Gasteiger partial charge < -0.3 is 9.73 Å². The van der Waals surface area contributed by atoms with Gasteiger partial charge in [0.15, 0.2) is 0 Å². The minimum absolute atomic E-state index is 0.252. The molecular formula is C11H14N2O4. The Bertz CT molecular complexity index is 434. The van der Waals surface area contributed by atoms with Crippen LogP contribution in [0.5, 0.6) is 0 Å². The smallest absolute Gasteiger partial charge is 0.401 e. The summed E-state index contributed by atoms with van der Waals surface area (Å²) in [7, 11) is 0. The van der Waals surface area contributed by atoms with E-state index in [1.54, 1.807) is 0 Å². The quantitative estimate of drug-likeness (QED) is 0.482. The lowest BCUT2D eigenvalue weighted by Gasteiger charge is -2.03. The topological polar surface area (TPSA) is 85.4 Å². The van der Waals surface area contributed by atoms with Crippen LogP contribution < -0.4 is 5.32 Å². The maximum absolute atomic E-state index is 11.3. The molecule has 0 aliphatic rings. The zero-order chi connectivity index (χ0) is 12.8. The van der Waals surface area contributed by atoms with Crippen LogP contribution in [0.4, 0.5) is 5.88 Å². The summed E-state index contributed by atoms with van der Waals surface area (Å²) in [6.07, 6.45) is 2.67. The molecule has 0 spiro atoms. The molecule has 1 rings (SSSR count). The zero-order valence-electron chi connectivity index (χ0n) is 9.67. The Balaban J connectivity index is 2.52. The van der Waals surface area contributed by atoms with E-state index in [0.29, 0.717) is 12.5 Å². The summed E-state index contributed by atoms with van der Waals surface area (Å²) in [6, 6.07) is 2.68. The first-order chi connectivity index (χ1) is 7.99. The molecule has 0 aliphatic carbocycles. The lowest BCUT2D eigenvalue weighted by Crippen LogP contribution is -2.25. The van der Waals surface area contributed by atoms with Gasteiger partial charge in [0.2, 0.25) is 5.91 Å². The van der Waals surface area contributed by atoms with Crippen molar-refractivity contribution in [1.82, 2.24) is 5.32 Å². The minimum Gasteiger partial charge on any atom is -0.401 e. The molecule has 0 aromatic carbocycles. The number of rotatable bonds is 5. The highest BCUT2D eigenvalue weighted by Gasteiger charge is 2.09. The van der Waals surface area contributed by atoms with E-state index in [4.69, 9.17) is 4.42 Å². The Hall–Kier alpha value is -2.11. The van der Waals surface area contributed by atoms with Gasteiger partial charge in [0.25, 0.3) is 0 Å². The Kier molecular flexibility index (Phi) is 4.45. The Morgan fingerprint density at radius 3 is 2.82 bits per heavy atom. The van der Waals surface area contributed by atoms with Crippen molar-refractivity contribution in [3.05, 3.63) is 34.1 Å². The number of hydrogen-bond donors (Lipinski definition) is 1. The molecule has 1 heterocycles. The van der Waals surface area contributed by atoms with E-state index in [9.17, 15) is 14.9 Å². The second-order valence-corrected chi connectivity index (χ2v) is 3.91. The zero-order valence-corrected chi connectivity index (χ0v) is 9.67. The Labute approximate surface area is 98.5 Å². The van der Waals surface area contributed by atoms with E-state index in [1.807, 2.05) is 13.8 Å². The van der Waals surface area contributed by atoms with E-state index >= 15 is 0 Å². The fourth-order valence-electron chi connectivity index (χ4n) is 1.05. The van der Waals surface area contributed by atoms with Gasteiger partial charge in [-0.15, -0.1) is 0 Å². The molecule has 1 N–H and O–H groups in total. The van der Waals surface area contributed by atoms with E-state index < -0.39 is 4.92 Å². The van der Waals surface area contributed by atoms with Crippen LogP contribution >= 0.6 is 0 Å². The van der Waals surface area contributed by atoms with Gasteiger partial charge in [0, 0.05) is 12.6 Å². The summed E-state index contributed by atoms with van der Waals surface area (Å²) in [5, 5.41) is 13.0. The number of amides is 1. The Morgan fingerprint density at radius 1 is 1.59 bits per heavy atom. The van der Waals surface area contributed by atoms with Crippen molar-refractivity contribution in [1.29, 1.82) is 0 Å². The summed E-state index contributed by atoms with van der Waals surface area (Å²) in [5.41, 5.74) is 0. The van der Waals surface area contributed by atoms with Crippen LogP contribution in [0.2, 0.25) is 0 Å². The van der Waals surface area contributed by atoms with Gasteiger partial charge in [-0.05, 0) is 18.1 Å². The van der Waals surface area contributed by atoms with Crippen LogP contribution in [0.25, 0.3) is 6.08 Å². The van der Waals surface area contributed by atoms with Gasteiger partial charge in [-0.2, -0.15) is 0 Å². The number of nitrogens with zero attached hydrogens (tertiary/aromatic N) is 1. The van der Waals surface area contributed by atoms with Crippen LogP contribution in [-0.2, 0) is 4.79 Å². The van der Waals surface area contributed by atoms with Crippen molar-refractivity contribution in [3.63, 3.8) is 0 Å². The van der Waals surface area contributed by atoms with Crippen molar-refractivity contribution in [2.45, 2.75) is 13.8 Å². The molecule has 0 bridgehead atoms. The standard InChI is InChI=1S/C11H14N2O4/c1-8(2)7-12-10(14)5-3-9-4-6-11(17-9)13(15)16/h3-6,8H,7H2,1-2H3,(H,12,14)/b5-3+. The number of carbonyl (C=O) groups excluding carboxylic acids is 1. The molecule has 1 aromatic rings. The highest BCUT2D eigenvalue weighted by atomic mass is 16.6. The maximum atomic E-state index is 11.3. The third kappa shape index (κ3) is 4.50. The number of nitro groups is 1. The second-order valence-electron chi connectivity index (χ2n) is 3.91. The van der Waals surface area contributed by atoms with Crippen LogP contribution in [0.3, 0.4) is 0 Å². The molecule has 0 fully saturated rings. The average molecular weight is 238 g/mol. The van der Waals surface area contributed by atoms with Gasteiger partial charge in [-0.1, -0.05) is 13.8 Å². The first-order valence-corrected chi connectivity index (χ1v) is 5.19. The molecular weight excluding hydrogens is 224 g/mol. The van der Waals surface area contributed by atoms with Gasteiger partial charge in [0.05, 0.1) is 6.07 Å². The van der Waals surface area contributed by atoms with E-state index in [0.717, 1.165) is 0 Å². The van der Waals surface area contributed by atoms with E-state index in [1.165, 1.54) is 24.3 Å². The third-order valence-corrected chi connectivity index (χ3v) is 1.88. The third-order valence-electron chi connectivity index (χ3n) is 1.88. The lowest BCUT2D eigenvalue weighted by atomic mass is 10.2. The summed E-state index contributed by atoms with van der Waals surface area (Å²) >= 11 is 0. The number of carbonyl (C=O) groups is 1. The summed E-state index contributed by atoms with van der Waals surface area (Å²) in [4.78, 5) is 21.0. The fraction of sp³-hybridized carbons (Fsp3) is 0.364. The average Bonchev–Trinajstić information content (AvgIpc) is 2.72. The maximum Gasteiger partial charge on any atom is 0.433 e. The van der Waals surface area contributed by atoms with Gasteiger partial charge >= 0.3 is 5.88 Å². The highest BCUT2D eigenvalue weighted by Crippen LogP contribution is 2.16. The fourth-order valence-corrected chi connectivity index (χ4v) is 1.05. The monoisotopic (exact) mass is 238 g/mol. The molecule has 0 radical (unpaired) electrons. The first kappa shape index (κ1) is 13.0. The molecule has 0 saturated heterocycles. The number of hydrogen-bond acceptors (Lipinski definition) is 4. The van der Waals surface area contributed by atoms with Crippen molar-refractivity contribution in [2.75, 3.05) is 6.54 Å². The molecule has 17 heavy (non-hydrogen) atoms. The van der Waals surface area contributed by atoms with Crippen molar-refractivity contribution < 1.29 is 14.1 Å². The molecule has 1 aromatic heterocycles. The molecule has 0 saturated carbocycles. The normalized spacial score (nSPS) is 11.0. The molecule has 6 nitrogen and oxygen atoms in total. The van der Waals surface area contributed by atoms with Crippen molar-refractivity contribution >= 4 is 17.9 Å². The van der Waals surface area contributed by atoms with Crippen LogP contribution in [0.1, 0.15) is 19.6 Å². The number of nitrogens with one attached hydrogen (secondary N) is 1. The molecule has 92 valence electrons. The molecule has 0 aliphatic heterocycles. The van der Waals surface area contributed by atoms with Crippen LogP contribution in [0, 0.1) is 16.0 Å². The predicted octanol–water partition coefficient (Wildman–Crippen LogP) is 1.97. The van der Waals surface area contributed by atoms with Gasteiger partial charge in [-0.25, -0.2) is 0 Å². The van der Waals surface area contributed by atoms with Gasteiger partial charge in [-0.3, -0.25) is 14.9 Å². The van der Waals surface area contributed by atoms with Crippen LogP contribution in [0.15, 0.2) is 22.6 Å². The molecule has 0 unspecified atom stereocenters. The number of furan rings is 1. The summed E-state index contributed by atoms with van der Waals surface area (Å²) in [5.74, 6) is 0.0541. The second kappa shape index (κ2) is 5.83. The van der Waals surface area contributed by atoms with E-state index in [2.05, 4.69) is 5.32 Å². The molecule has 6 heteroatoms. The SMILES string of the molecule is CC(C)CNC(=O)/C=C/c1ccc([N+](=O)[O-])o1.